The first-order valence-electron chi connectivity index (χ1n) is 8.07. The van der Waals surface area contributed by atoms with Crippen LogP contribution in [0.5, 0.6) is 0 Å². The predicted molar refractivity (Wildman–Crippen MR) is 116 cm³/mol. The van der Waals surface area contributed by atoms with Gasteiger partial charge in [0.1, 0.15) is 17.1 Å². The van der Waals surface area contributed by atoms with Crippen LogP contribution in [0.2, 0.25) is 5.02 Å². The molecule has 0 saturated carbocycles. The minimum Gasteiger partial charge on any atom is -0.455 e. The van der Waals surface area contributed by atoms with Crippen LogP contribution in [-0.4, -0.2) is 12.1 Å². The van der Waals surface area contributed by atoms with Crippen molar-refractivity contribution >= 4 is 66.6 Å². The molecule has 0 atom stereocenters. The Hall–Kier alpha value is -2.35. The van der Waals surface area contributed by atoms with Crippen LogP contribution in [-0.2, 0) is 0 Å². The van der Waals surface area contributed by atoms with Gasteiger partial charge in [-0.05, 0) is 58.4 Å². The Kier molecular flexibility index (Phi) is 5.39. The highest BCUT2D eigenvalue weighted by Crippen LogP contribution is 2.31. The van der Waals surface area contributed by atoms with E-state index in [1.165, 1.54) is 6.21 Å². The number of hydrogen-bond donors (Lipinski definition) is 1. The Labute approximate surface area is 181 Å². The zero-order valence-electron chi connectivity index (χ0n) is 14.1. The van der Waals surface area contributed by atoms with Crippen LogP contribution in [0.15, 0.2) is 77.5 Å². The molecule has 0 aliphatic carbocycles. The van der Waals surface area contributed by atoms with Gasteiger partial charge in [0, 0.05) is 20.4 Å². The van der Waals surface area contributed by atoms with Gasteiger partial charge >= 0.3 is 5.91 Å². The summed E-state index contributed by atoms with van der Waals surface area (Å²) in [4.78, 5) is 12.3. The number of nitrogens with zero attached hydrogens (tertiary/aromatic N) is 1. The van der Waals surface area contributed by atoms with Crippen LogP contribution < -0.4 is 5.43 Å². The van der Waals surface area contributed by atoms with Gasteiger partial charge in [0.2, 0.25) is 0 Å². The first-order valence-corrected chi connectivity index (χ1v) is 10.0. The lowest BCUT2D eigenvalue weighted by molar-refractivity contribution is 0.0929. The van der Waals surface area contributed by atoms with Crippen LogP contribution in [0.3, 0.4) is 0 Å². The van der Waals surface area contributed by atoms with Crippen molar-refractivity contribution in [3.63, 3.8) is 0 Å². The Bertz CT molecular complexity index is 1210. The number of nitrogens with one attached hydrogen (secondary N) is 1. The maximum Gasteiger partial charge on any atom is 0.307 e. The smallest absolute Gasteiger partial charge is 0.307 e. The van der Waals surface area contributed by atoms with Crippen LogP contribution in [0.1, 0.15) is 16.3 Å². The van der Waals surface area contributed by atoms with Gasteiger partial charge in [-0.2, -0.15) is 5.10 Å². The summed E-state index contributed by atoms with van der Waals surface area (Å²) in [5, 5.41) is 5.35. The molecule has 8 heteroatoms. The lowest BCUT2D eigenvalue weighted by atomic mass is 10.2. The molecule has 1 N–H and O–H groups in total. The summed E-state index contributed by atoms with van der Waals surface area (Å²) in [5.74, 6) is 0.844. The number of rotatable bonds is 4. The molecule has 0 saturated heterocycles. The zero-order valence-corrected chi connectivity index (χ0v) is 18.0. The fraction of sp³-hybridized carbons (Fsp3) is 0. The molecule has 0 radical (unpaired) electrons. The average Bonchev–Trinajstić information content (AvgIpc) is 3.29. The van der Waals surface area contributed by atoms with Gasteiger partial charge in [-0.1, -0.05) is 39.7 Å². The molecule has 0 aliphatic heterocycles. The number of hydrazone groups is 1. The molecule has 1 amide bonds. The monoisotopic (exact) mass is 520 g/mol. The van der Waals surface area contributed by atoms with Gasteiger partial charge in [-0.25, -0.2) is 5.43 Å². The van der Waals surface area contributed by atoms with Crippen molar-refractivity contribution in [2.24, 2.45) is 5.10 Å². The van der Waals surface area contributed by atoms with E-state index in [1.807, 2.05) is 30.3 Å². The number of carbonyl (C=O) groups excluding carboxylic acids is 1. The lowest BCUT2D eigenvalue weighted by Gasteiger charge is -1.97. The van der Waals surface area contributed by atoms with Crippen molar-refractivity contribution in [3.8, 4) is 11.3 Å². The molecule has 0 unspecified atom stereocenters. The molecule has 5 nitrogen and oxygen atoms in total. The molecule has 2 aromatic heterocycles. The average molecular weight is 523 g/mol. The standard InChI is InChI=1S/C20H11Br2ClN2O3/c21-13-6-12-8-18(28-19(12)16(22)9-13)20(26)25-24-10-15-4-5-17(27-15)11-2-1-3-14(23)7-11/h1-10H,(H,25,26)/b24-10-. The minimum absolute atomic E-state index is 0.157. The molecule has 2 aromatic carbocycles. The van der Waals surface area contributed by atoms with E-state index >= 15 is 0 Å². The van der Waals surface area contributed by atoms with Crippen LogP contribution >= 0.6 is 43.5 Å². The first kappa shape index (κ1) is 19.0. The van der Waals surface area contributed by atoms with Gasteiger partial charge in [-0.3, -0.25) is 4.79 Å². The summed E-state index contributed by atoms with van der Waals surface area (Å²) in [7, 11) is 0. The topological polar surface area (TPSA) is 67.7 Å². The zero-order chi connectivity index (χ0) is 19.7. The van der Waals surface area contributed by atoms with E-state index in [4.69, 9.17) is 20.4 Å². The highest BCUT2D eigenvalue weighted by Gasteiger charge is 2.14. The third-order valence-electron chi connectivity index (χ3n) is 3.85. The molecular formula is C20H11Br2ClN2O3. The van der Waals surface area contributed by atoms with Crippen molar-refractivity contribution in [1.29, 1.82) is 0 Å². The number of hydrogen-bond acceptors (Lipinski definition) is 4. The molecule has 0 bridgehead atoms. The largest absolute Gasteiger partial charge is 0.455 e. The van der Waals surface area contributed by atoms with Gasteiger partial charge in [0.25, 0.3) is 0 Å². The van der Waals surface area contributed by atoms with E-state index in [0.29, 0.717) is 22.1 Å². The summed E-state index contributed by atoms with van der Waals surface area (Å²) in [6, 6.07) is 16.3. The molecule has 0 spiro atoms. The second kappa shape index (κ2) is 7.95. The van der Waals surface area contributed by atoms with Crippen molar-refractivity contribution in [2.45, 2.75) is 0 Å². The number of furan rings is 2. The molecule has 28 heavy (non-hydrogen) atoms. The second-order valence-corrected chi connectivity index (χ2v) is 8.03. The van der Waals surface area contributed by atoms with E-state index in [-0.39, 0.29) is 5.76 Å². The molecule has 0 fully saturated rings. The Morgan fingerprint density at radius 2 is 1.93 bits per heavy atom. The summed E-state index contributed by atoms with van der Waals surface area (Å²) in [5.41, 5.74) is 3.88. The Morgan fingerprint density at radius 3 is 2.75 bits per heavy atom. The van der Waals surface area contributed by atoms with E-state index in [1.54, 1.807) is 24.3 Å². The normalized spacial score (nSPS) is 11.4. The Morgan fingerprint density at radius 1 is 1.07 bits per heavy atom. The highest BCUT2D eigenvalue weighted by molar-refractivity contribution is 9.11. The third-order valence-corrected chi connectivity index (χ3v) is 5.14. The van der Waals surface area contributed by atoms with Crippen LogP contribution in [0.4, 0.5) is 0 Å². The van der Waals surface area contributed by atoms with Gasteiger partial charge in [0.15, 0.2) is 5.76 Å². The molecule has 4 aromatic rings. The molecular weight excluding hydrogens is 511 g/mol. The van der Waals surface area contributed by atoms with E-state index in [9.17, 15) is 4.79 Å². The molecule has 0 aliphatic rings. The third kappa shape index (κ3) is 4.06. The quantitative estimate of drug-likeness (QED) is 0.242. The van der Waals surface area contributed by atoms with Crippen molar-refractivity contribution in [2.75, 3.05) is 0 Å². The maximum absolute atomic E-state index is 12.3. The van der Waals surface area contributed by atoms with E-state index in [0.717, 1.165) is 19.9 Å². The van der Waals surface area contributed by atoms with Crippen molar-refractivity contribution < 1.29 is 13.6 Å². The van der Waals surface area contributed by atoms with Crippen LogP contribution in [0, 0.1) is 0 Å². The summed E-state index contributed by atoms with van der Waals surface area (Å²) >= 11 is 12.8. The summed E-state index contributed by atoms with van der Waals surface area (Å²) in [6.07, 6.45) is 1.42. The second-order valence-electron chi connectivity index (χ2n) is 5.83. The van der Waals surface area contributed by atoms with Gasteiger partial charge < -0.3 is 8.83 Å². The SMILES string of the molecule is O=C(N/N=C\c1ccc(-c2cccc(Cl)c2)o1)c1cc2cc(Br)cc(Br)c2o1. The fourth-order valence-corrected chi connectivity index (χ4v) is 4.15. The predicted octanol–water partition coefficient (Wildman–Crippen LogP) is 6.64. The summed E-state index contributed by atoms with van der Waals surface area (Å²) < 4.78 is 12.9. The summed E-state index contributed by atoms with van der Waals surface area (Å²) in [6.45, 7) is 0. The number of amides is 1. The van der Waals surface area contributed by atoms with E-state index < -0.39 is 5.91 Å². The number of halogens is 3. The van der Waals surface area contributed by atoms with Crippen molar-refractivity contribution in [1.82, 2.24) is 5.43 Å². The number of carbonyl (C=O) groups is 1. The van der Waals surface area contributed by atoms with Gasteiger partial charge in [0.05, 0.1) is 10.7 Å². The maximum atomic E-state index is 12.3. The van der Waals surface area contributed by atoms with Crippen LogP contribution in [0.25, 0.3) is 22.3 Å². The molecule has 140 valence electrons. The number of benzene rings is 2. The number of fused-ring (bicyclic) bond motifs is 1. The van der Waals surface area contributed by atoms with E-state index in [2.05, 4.69) is 42.4 Å². The first-order chi connectivity index (χ1) is 13.5. The fourth-order valence-electron chi connectivity index (χ4n) is 2.62. The molecule has 4 rings (SSSR count). The molecule has 2 heterocycles. The highest BCUT2D eigenvalue weighted by atomic mass is 79.9. The minimum atomic E-state index is -0.461. The lowest BCUT2D eigenvalue weighted by Crippen LogP contribution is -2.16. The van der Waals surface area contributed by atoms with Gasteiger partial charge in [-0.15, -0.1) is 0 Å². The van der Waals surface area contributed by atoms with Crippen molar-refractivity contribution in [3.05, 3.63) is 80.1 Å². The Balaban J connectivity index is 1.46.